The number of carbonyl (C=O) groups is 1. The second-order valence-corrected chi connectivity index (χ2v) is 6.42. The number of nitro groups is 1. The Hall–Kier alpha value is -3.29. The van der Waals surface area contributed by atoms with Crippen LogP contribution in [-0.2, 0) is 11.3 Å². The molecule has 2 aromatic rings. The molecule has 0 radical (unpaired) electrons. The molecule has 2 aliphatic heterocycles. The van der Waals surface area contributed by atoms with E-state index in [0.29, 0.717) is 17.2 Å². The number of esters is 1. The fourth-order valence-electron chi connectivity index (χ4n) is 3.29. The number of hydrogen-bond donors (Lipinski definition) is 0. The number of fused-ring (bicyclic) bond motifs is 1. The molecule has 140 valence electrons. The van der Waals surface area contributed by atoms with E-state index in [-0.39, 0.29) is 24.7 Å². The minimum Gasteiger partial charge on any atom is -0.457 e. The van der Waals surface area contributed by atoms with E-state index in [1.165, 1.54) is 6.07 Å². The van der Waals surface area contributed by atoms with Crippen molar-refractivity contribution >= 4 is 17.3 Å². The van der Waals surface area contributed by atoms with Crippen molar-refractivity contribution in [2.24, 2.45) is 0 Å². The van der Waals surface area contributed by atoms with Crippen LogP contribution in [0.25, 0.3) is 0 Å². The predicted molar refractivity (Wildman–Crippen MR) is 96.2 cm³/mol. The number of ether oxygens (including phenoxy) is 3. The van der Waals surface area contributed by atoms with Gasteiger partial charge in [0, 0.05) is 19.2 Å². The van der Waals surface area contributed by atoms with E-state index in [9.17, 15) is 14.9 Å². The van der Waals surface area contributed by atoms with Crippen molar-refractivity contribution in [3.8, 4) is 11.5 Å². The largest absolute Gasteiger partial charge is 0.457 e. The zero-order valence-corrected chi connectivity index (χ0v) is 14.6. The SMILES string of the molecule is O=C(OCc1ccc2c(c1)OCO2)c1ccc(N2CCCC2)c([N+](=O)[O-])c1. The van der Waals surface area contributed by atoms with Gasteiger partial charge in [0.2, 0.25) is 6.79 Å². The van der Waals surface area contributed by atoms with Crippen molar-refractivity contribution in [1.29, 1.82) is 0 Å². The van der Waals surface area contributed by atoms with Crippen LogP contribution in [0, 0.1) is 10.1 Å². The van der Waals surface area contributed by atoms with E-state index in [1.54, 1.807) is 30.3 Å². The Morgan fingerprint density at radius 1 is 1.11 bits per heavy atom. The zero-order chi connectivity index (χ0) is 18.8. The van der Waals surface area contributed by atoms with Gasteiger partial charge in [0.05, 0.1) is 10.5 Å². The fraction of sp³-hybridized carbons (Fsp3) is 0.316. The smallest absolute Gasteiger partial charge is 0.338 e. The predicted octanol–water partition coefficient (Wildman–Crippen LogP) is 3.28. The van der Waals surface area contributed by atoms with Crippen LogP contribution in [0.4, 0.5) is 11.4 Å². The Morgan fingerprint density at radius 3 is 2.67 bits per heavy atom. The Kier molecular flexibility index (Phi) is 4.53. The van der Waals surface area contributed by atoms with Gasteiger partial charge in [-0.1, -0.05) is 6.07 Å². The molecular weight excluding hydrogens is 352 g/mol. The molecule has 27 heavy (non-hydrogen) atoms. The molecule has 0 amide bonds. The summed E-state index contributed by atoms with van der Waals surface area (Å²) in [5, 5.41) is 11.4. The Labute approximate surface area is 155 Å². The zero-order valence-electron chi connectivity index (χ0n) is 14.6. The highest BCUT2D eigenvalue weighted by Gasteiger charge is 2.24. The van der Waals surface area contributed by atoms with Crippen LogP contribution in [0.5, 0.6) is 11.5 Å². The molecule has 8 nitrogen and oxygen atoms in total. The molecule has 1 fully saturated rings. The third-order valence-electron chi connectivity index (χ3n) is 4.66. The second-order valence-electron chi connectivity index (χ2n) is 6.42. The summed E-state index contributed by atoms with van der Waals surface area (Å²) in [6, 6.07) is 9.76. The van der Waals surface area contributed by atoms with E-state index in [2.05, 4.69) is 0 Å². The first-order chi connectivity index (χ1) is 13.1. The van der Waals surface area contributed by atoms with Gasteiger partial charge < -0.3 is 19.1 Å². The van der Waals surface area contributed by atoms with Crippen LogP contribution in [0.15, 0.2) is 36.4 Å². The molecule has 0 atom stereocenters. The number of benzene rings is 2. The molecule has 2 aromatic carbocycles. The molecule has 0 saturated carbocycles. The van der Waals surface area contributed by atoms with Crippen molar-refractivity contribution in [2.45, 2.75) is 19.4 Å². The van der Waals surface area contributed by atoms with Crippen LogP contribution in [0.3, 0.4) is 0 Å². The normalized spacial score (nSPS) is 15.0. The number of carbonyl (C=O) groups excluding carboxylic acids is 1. The molecule has 0 aromatic heterocycles. The van der Waals surface area contributed by atoms with E-state index in [0.717, 1.165) is 31.5 Å². The average Bonchev–Trinajstić information content (AvgIpc) is 3.36. The van der Waals surface area contributed by atoms with Crippen LogP contribution in [-0.4, -0.2) is 30.8 Å². The lowest BCUT2D eigenvalue weighted by Gasteiger charge is -2.17. The molecule has 0 aliphatic carbocycles. The molecule has 4 rings (SSSR count). The lowest BCUT2D eigenvalue weighted by Crippen LogP contribution is -2.19. The minimum absolute atomic E-state index is 0.0388. The van der Waals surface area contributed by atoms with E-state index < -0.39 is 10.9 Å². The monoisotopic (exact) mass is 370 g/mol. The van der Waals surface area contributed by atoms with E-state index in [1.807, 2.05) is 4.90 Å². The van der Waals surface area contributed by atoms with Crippen molar-refractivity contribution in [2.75, 3.05) is 24.8 Å². The van der Waals surface area contributed by atoms with Gasteiger partial charge in [-0.05, 0) is 42.7 Å². The topological polar surface area (TPSA) is 91.1 Å². The molecule has 2 aliphatic rings. The van der Waals surface area contributed by atoms with Gasteiger partial charge in [0.15, 0.2) is 11.5 Å². The van der Waals surface area contributed by atoms with Gasteiger partial charge >= 0.3 is 5.97 Å². The van der Waals surface area contributed by atoms with Gasteiger partial charge in [-0.25, -0.2) is 4.79 Å². The van der Waals surface area contributed by atoms with Gasteiger partial charge in [-0.2, -0.15) is 0 Å². The highest BCUT2D eigenvalue weighted by molar-refractivity contribution is 5.91. The maximum atomic E-state index is 12.3. The summed E-state index contributed by atoms with van der Waals surface area (Å²) in [6.45, 7) is 1.78. The minimum atomic E-state index is -0.608. The highest BCUT2D eigenvalue weighted by atomic mass is 16.7. The maximum absolute atomic E-state index is 12.3. The molecule has 0 bridgehead atoms. The summed E-state index contributed by atoms with van der Waals surface area (Å²) < 4.78 is 15.8. The van der Waals surface area contributed by atoms with Crippen molar-refractivity contribution in [3.63, 3.8) is 0 Å². The summed E-state index contributed by atoms with van der Waals surface area (Å²) in [5.41, 5.74) is 1.38. The number of rotatable bonds is 5. The number of hydrogen-bond acceptors (Lipinski definition) is 7. The fourth-order valence-corrected chi connectivity index (χ4v) is 3.29. The molecule has 0 spiro atoms. The lowest BCUT2D eigenvalue weighted by molar-refractivity contribution is -0.384. The van der Waals surface area contributed by atoms with Crippen molar-refractivity contribution in [1.82, 2.24) is 0 Å². The van der Waals surface area contributed by atoms with E-state index in [4.69, 9.17) is 14.2 Å². The summed E-state index contributed by atoms with van der Waals surface area (Å²) in [7, 11) is 0. The van der Waals surface area contributed by atoms with Gasteiger partial charge in [0.1, 0.15) is 12.3 Å². The third kappa shape index (κ3) is 3.51. The van der Waals surface area contributed by atoms with Crippen molar-refractivity contribution < 1.29 is 23.9 Å². The quantitative estimate of drug-likeness (QED) is 0.453. The van der Waals surface area contributed by atoms with Crippen LogP contribution >= 0.6 is 0 Å². The summed E-state index contributed by atoms with van der Waals surface area (Å²) in [6.07, 6.45) is 2.02. The second kappa shape index (κ2) is 7.14. The number of nitro benzene ring substituents is 1. The Bertz CT molecular complexity index is 892. The standard InChI is InChI=1S/C19H18N2O6/c22-19(25-11-13-3-6-17-18(9-13)27-12-26-17)14-4-5-15(16(10-14)21(23)24)20-7-1-2-8-20/h3-6,9-10H,1-2,7-8,11-12H2. The molecule has 0 N–H and O–H groups in total. The molecular formula is C19H18N2O6. The van der Waals surface area contributed by atoms with Crippen molar-refractivity contribution in [3.05, 3.63) is 57.6 Å². The number of nitrogens with zero attached hydrogens (tertiary/aromatic N) is 2. The average molecular weight is 370 g/mol. The lowest BCUT2D eigenvalue weighted by atomic mass is 10.1. The maximum Gasteiger partial charge on any atom is 0.338 e. The molecule has 2 heterocycles. The van der Waals surface area contributed by atoms with Crippen LogP contribution in [0.1, 0.15) is 28.8 Å². The van der Waals surface area contributed by atoms with Gasteiger partial charge in [0.25, 0.3) is 5.69 Å². The first-order valence-corrected chi connectivity index (χ1v) is 8.71. The highest BCUT2D eigenvalue weighted by Crippen LogP contribution is 2.33. The molecule has 1 saturated heterocycles. The van der Waals surface area contributed by atoms with Gasteiger partial charge in [-0.3, -0.25) is 10.1 Å². The van der Waals surface area contributed by atoms with Crippen LogP contribution < -0.4 is 14.4 Å². The summed E-state index contributed by atoms with van der Waals surface area (Å²) in [4.78, 5) is 25.3. The first-order valence-electron chi connectivity index (χ1n) is 8.71. The van der Waals surface area contributed by atoms with E-state index >= 15 is 0 Å². The first kappa shape index (κ1) is 17.1. The molecule has 0 unspecified atom stereocenters. The summed E-state index contributed by atoms with van der Waals surface area (Å²) in [5.74, 6) is 0.649. The number of anilines is 1. The molecule has 8 heteroatoms. The summed E-state index contributed by atoms with van der Waals surface area (Å²) >= 11 is 0. The van der Waals surface area contributed by atoms with Gasteiger partial charge in [-0.15, -0.1) is 0 Å². The van der Waals surface area contributed by atoms with Crippen LogP contribution in [0.2, 0.25) is 0 Å². The Morgan fingerprint density at radius 2 is 1.89 bits per heavy atom. The Balaban J connectivity index is 1.48. The third-order valence-corrected chi connectivity index (χ3v) is 4.66.